The van der Waals surface area contributed by atoms with Crippen LogP contribution in [0.3, 0.4) is 0 Å². The predicted octanol–water partition coefficient (Wildman–Crippen LogP) is 5.11. The van der Waals surface area contributed by atoms with Gasteiger partial charge in [0, 0.05) is 61.4 Å². The van der Waals surface area contributed by atoms with E-state index in [0.29, 0.717) is 30.6 Å². The molecule has 1 aromatic heterocycles. The lowest BCUT2D eigenvalue weighted by Crippen LogP contribution is -2.47. The Hall–Kier alpha value is -5.48. The third-order valence-electron chi connectivity index (χ3n) is 10.7. The van der Waals surface area contributed by atoms with E-state index in [1.807, 2.05) is 55.7 Å². The van der Waals surface area contributed by atoms with Gasteiger partial charge in [0.05, 0.1) is 18.1 Å². The van der Waals surface area contributed by atoms with Gasteiger partial charge >= 0.3 is 5.97 Å². The molecule has 16 heteroatoms. The number of aliphatic hydroxyl groups excluding tert-OH is 1. The van der Waals surface area contributed by atoms with Crippen LogP contribution in [-0.2, 0) is 35.3 Å². The van der Waals surface area contributed by atoms with E-state index < -0.39 is 77.4 Å². The summed E-state index contributed by atoms with van der Waals surface area (Å²) in [6.07, 6.45) is 2.45. The van der Waals surface area contributed by atoms with Gasteiger partial charge in [0.1, 0.15) is 24.3 Å². The molecule has 0 bridgehead atoms. The highest BCUT2D eigenvalue weighted by atomic mass is 19.1. The highest BCUT2D eigenvalue weighted by Crippen LogP contribution is 2.41. The molecule has 7 N–H and O–H groups in total. The van der Waals surface area contributed by atoms with Crippen LogP contribution in [0.4, 0.5) is 8.78 Å². The Bertz CT molecular complexity index is 2000. The number of hydrogen-bond donors (Lipinski definition) is 6. The number of amides is 4. The van der Waals surface area contributed by atoms with Crippen molar-refractivity contribution in [1.82, 2.24) is 25.4 Å². The van der Waals surface area contributed by atoms with Crippen molar-refractivity contribution in [3.8, 4) is 11.1 Å². The fraction of sp³-hybridized carbons (Fsp3) is 0.522. The van der Waals surface area contributed by atoms with Gasteiger partial charge in [-0.15, -0.1) is 0 Å². The molecular weight excluding hydrogens is 803 g/mol. The number of aliphatic carboxylic acids is 1. The molecule has 14 nitrogen and oxygen atoms in total. The average Bonchev–Trinajstić information content (AvgIpc) is 3.62. The molecule has 0 unspecified atom stereocenters. The summed E-state index contributed by atoms with van der Waals surface area (Å²) in [6.45, 7) is 12.1. The quantitative estimate of drug-likeness (QED) is 0.0660. The molecule has 0 saturated carbocycles. The summed E-state index contributed by atoms with van der Waals surface area (Å²) in [5.41, 5.74) is 7.59. The first kappa shape index (κ1) is 50.9. The van der Waals surface area contributed by atoms with Crippen LogP contribution >= 0.6 is 0 Å². The van der Waals surface area contributed by atoms with Crippen LogP contribution in [0, 0.1) is 28.9 Å². The number of carbonyl (C=O) groups excluding carboxylic acids is 5. The van der Waals surface area contributed by atoms with Crippen LogP contribution in [0.1, 0.15) is 104 Å². The SMILES string of the molecule is CCC(=O)N[C@H](C(=O)C[C@@H](C)C(=O)N[C@@H](CCCCNC(=O)[C@@H](N)CCN(C(=O)CO)[C@@H](c1cc(-c2cc(F)ccc2F)cn1Cc1ccccc1)C(C)(C)C)C(=O)O)C(C)C. The molecule has 4 amide bonds. The number of nitrogens with zero attached hydrogens (tertiary/aromatic N) is 2. The fourth-order valence-electron chi connectivity index (χ4n) is 7.31. The van der Waals surface area contributed by atoms with E-state index in [2.05, 4.69) is 16.0 Å². The van der Waals surface area contributed by atoms with Gasteiger partial charge in [-0.25, -0.2) is 13.6 Å². The molecule has 1 heterocycles. The van der Waals surface area contributed by atoms with Gasteiger partial charge in [-0.05, 0) is 66.8 Å². The summed E-state index contributed by atoms with van der Waals surface area (Å²) < 4.78 is 31.3. The zero-order valence-corrected chi connectivity index (χ0v) is 36.9. The summed E-state index contributed by atoms with van der Waals surface area (Å²) in [5.74, 6) is -5.88. The van der Waals surface area contributed by atoms with Crippen molar-refractivity contribution < 1.29 is 47.8 Å². The minimum Gasteiger partial charge on any atom is -0.480 e. The second-order valence-corrected chi connectivity index (χ2v) is 17.2. The fourth-order valence-corrected chi connectivity index (χ4v) is 7.31. The maximum atomic E-state index is 15.1. The van der Waals surface area contributed by atoms with Gasteiger partial charge in [0.2, 0.25) is 23.6 Å². The standard InChI is InChI=1S/C46H64F2N6O8/c1-8-39(57)52-41(28(2)3)38(56)22-29(4)43(59)51-36(45(61)62)16-12-13-20-50-44(60)35(49)19-21-54(40(58)27-55)42(46(5,6)7)37-23-31(33-24-32(47)17-18-34(33)48)26-53(37)25-30-14-10-9-11-15-30/h9-11,14-15,17-18,23-24,26,28-29,35-36,41-42,55H,8,12-13,16,19-22,25,27,49H2,1-7H3,(H,50,60)(H,51,59)(H,52,57)(H,61,62)/t29-,35+,36+,41+,42+/m1/s1. The van der Waals surface area contributed by atoms with Gasteiger partial charge in [0.15, 0.2) is 5.78 Å². The summed E-state index contributed by atoms with van der Waals surface area (Å²) in [4.78, 5) is 77.8. The number of aromatic nitrogens is 1. The molecule has 0 aliphatic heterocycles. The van der Waals surface area contributed by atoms with Gasteiger partial charge in [-0.2, -0.15) is 0 Å². The first-order valence-corrected chi connectivity index (χ1v) is 21.2. The van der Waals surface area contributed by atoms with Crippen molar-refractivity contribution in [3.05, 3.63) is 83.7 Å². The van der Waals surface area contributed by atoms with Crippen LogP contribution in [-0.4, -0.2) is 92.9 Å². The number of benzene rings is 2. The number of unbranched alkanes of at least 4 members (excludes halogenated alkanes) is 1. The Morgan fingerprint density at radius 3 is 2.18 bits per heavy atom. The van der Waals surface area contributed by atoms with Crippen LogP contribution in [0.25, 0.3) is 11.1 Å². The first-order valence-electron chi connectivity index (χ1n) is 21.2. The summed E-state index contributed by atoms with van der Waals surface area (Å²) in [6, 6.07) is 10.6. The highest BCUT2D eigenvalue weighted by molar-refractivity contribution is 5.93. The Morgan fingerprint density at radius 1 is 0.903 bits per heavy atom. The van der Waals surface area contributed by atoms with Crippen LogP contribution < -0.4 is 21.7 Å². The number of halogens is 2. The lowest BCUT2D eigenvalue weighted by Gasteiger charge is -2.41. The topological polar surface area (TPSA) is 213 Å². The van der Waals surface area contributed by atoms with E-state index in [1.165, 1.54) is 11.8 Å². The second kappa shape index (κ2) is 23.7. The number of hydrogen-bond acceptors (Lipinski definition) is 8. The predicted molar refractivity (Wildman–Crippen MR) is 231 cm³/mol. The molecule has 0 aliphatic carbocycles. The molecule has 3 rings (SSSR count). The molecule has 340 valence electrons. The van der Waals surface area contributed by atoms with Crippen molar-refractivity contribution in [2.24, 2.45) is 23.0 Å². The molecule has 0 saturated heterocycles. The Morgan fingerprint density at radius 2 is 1.58 bits per heavy atom. The van der Waals surface area contributed by atoms with Gasteiger partial charge in [-0.1, -0.05) is 78.8 Å². The number of nitrogens with one attached hydrogen (secondary N) is 3. The van der Waals surface area contributed by atoms with Crippen molar-refractivity contribution in [2.75, 3.05) is 19.7 Å². The van der Waals surface area contributed by atoms with Crippen molar-refractivity contribution in [1.29, 1.82) is 0 Å². The highest BCUT2D eigenvalue weighted by Gasteiger charge is 2.37. The van der Waals surface area contributed by atoms with E-state index >= 15 is 4.39 Å². The van der Waals surface area contributed by atoms with Gasteiger partial charge in [0.25, 0.3) is 0 Å². The van der Waals surface area contributed by atoms with E-state index in [1.54, 1.807) is 33.0 Å². The van der Waals surface area contributed by atoms with Crippen molar-refractivity contribution in [3.63, 3.8) is 0 Å². The average molecular weight is 867 g/mol. The third kappa shape index (κ3) is 14.9. The number of ketones is 1. The number of carboxylic acid groups (broad SMARTS) is 1. The van der Waals surface area contributed by atoms with Crippen LogP contribution in [0.2, 0.25) is 0 Å². The molecule has 0 fully saturated rings. The Kier molecular flexibility index (Phi) is 19.4. The van der Waals surface area contributed by atoms with Crippen molar-refractivity contribution in [2.45, 2.75) is 118 Å². The number of Topliss-reactive ketones (excluding diaryl/α,β-unsaturated/α-hetero) is 1. The van der Waals surface area contributed by atoms with E-state index in [4.69, 9.17) is 5.73 Å². The number of nitrogens with two attached hydrogens (primary N) is 1. The maximum Gasteiger partial charge on any atom is 0.326 e. The molecule has 3 aromatic rings. The molecular formula is C46H64F2N6O8. The zero-order valence-electron chi connectivity index (χ0n) is 36.9. The first-order chi connectivity index (χ1) is 29.2. The normalized spacial score (nSPS) is 14.0. The summed E-state index contributed by atoms with van der Waals surface area (Å²) in [7, 11) is 0. The molecule has 0 spiro atoms. The Balaban J connectivity index is 1.66. The van der Waals surface area contributed by atoms with E-state index in [-0.39, 0.29) is 61.9 Å². The summed E-state index contributed by atoms with van der Waals surface area (Å²) in [5, 5.41) is 27.8. The zero-order chi connectivity index (χ0) is 46.3. The number of carbonyl (C=O) groups is 6. The smallest absolute Gasteiger partial charge is 0.326 e. The minimum atomic E-state index is -1.25. The third-order valence-corrected chi connectivity index (χ3v) is 10.7. The second-order valence-electron chi connectivity index (χ2n) is 17.2. The Labute approximate surface area is 363 Å². The lowest BCUT2D eigenvalue weighted by atomic mass is 9.82. The van der Waals surface area contributed by atoms with Crippen LogP contribution in [0.15, 0.2) is 60.8 Å². The van der Waals surface area contributed by atoms with E-state index in [9.17, 15) is 43.4 Å². The van der Waals surface area contributed by atoms with E-state index in [0.717, 1.165) is 23.8 Å². The molecule has 5 atom stereocenters. The summed E-state index contributed by atoms with van der Waals surface area (Å²) >= 11 is 0. The molecule has 0 aliphatic rings. The largest absolute Gasteiger partial charge is 0.480 e. The molecule has 2 aromatic carbocycles. The lowest BCUT2D eigenvalue weighted by molar-refractivity contribution is -0.143. The maximum absolute atomic E-state index is 15.1. The number of carboxylic acids is 1. The number of rotatable bonds is 24. The molecule has 62 heavy (non-hydrogen) atoms. The monoisotopic (exact) mass is 866 g/mol. The van der Waals surface area contributed by atoms with Gasteiger partial charge < -0.3 is 41.4 Å². The number of aliphatic hydroxyl groups is 1. The molecule has 0 radical (unpaired) electrons. The van der Waals surface area contributed by atoms with Crippen molar-refractivity contribution >= 4 is 35.4 Å². The van der Waals surface area contributed by atoms with Gasteiger partial charge in [-0.3, -0.25) is 24.0 Å². The van der Waals surface area contributed by atoms with Crippen LogP contribution in [0.5, 0.6) is 0 Å². The minimum absolute atomic E-state index is 0.00558.